The van der Waals surface area contributed by atoms with E-state index in [-0.39, 0.29) is 12.1 Å². The summed E-state index contributed by atoms with van der Waals surface area (Å²) < 4.78 is 5.56. The number of aromatic nitrogens is 1. The monoisotopic (exact) mass is 328 g/mol. The van der Waals surface area contributed by atoms with E-state index < -0.39 is 0 Å². The van der Waals surface area contributed by atoms with Crippen molar-refractivity contribution < 1.29 is 9.21 Å². The van der Waals surface area contributed by atoms with Gasteiger partial charge in [0.15, 0.2) is 0 Å². The normalized spacial score (nSPS) is 16.0. The van der Waals surface area contributed by atoms with Crippen LogP contribution in [0.15, 0.2) is 41.1 Å². The summed E-state index contributed by atoms with van der Waals surface area (Å²) in [6, 6.07) is 7.69. The molecule has 0 unspecified atom stereocenters. The number of likely N-dealkylation sites (tertiary alicyclic amines) is 1. The van der Waals surface area contributed by atoms with Crippen molar-refractivity contribution in [3.63, 3.8) is 0 Å². The fourth-order valence-electron chi connectivity index (χ4n) is 2.98. The molecule has 6 heteroatoms. The number of nitrogens with zero attached hydrogens (tertiary/aromatic N) is 2. The molecule has 0 aliphatic carbocycles. The maximum absolute atomic E-state index is 12.1. The van der Waals surface area contributed by atoms with Crippen molar-refractivity contribution in [1.82, 2.24) is 20.5 Å². The Kier molecular flexibility index (Phi) is 5.48. The third-order valence-electron chi connectivity index (χ3n) is 4.33. The predicted molar refractivity (Wildman–Crippen MR) is 91.5 cm³/mol. The van der Waals surface area contributed by atoms with Crippen molar-refractivity contribution in [1.29, 1.82) is 0 Å². The average molecular weight is 328 g/mol. The summed E-state index contributed by atoms with van der Waals surface area (Å²) in [4.78, 5) is 18.7. The lowest BCUT2D eigenvalue weighted by atomic mass is 10.2. The van der Waals surface area contributed by atoms with E-state index >= 15 is 0 Å². The van der Waals surface area contributed by atoms with E-state index in [2.05, 4.69) is 20.5 Å². The number of urea groups is 1. The molecule has 24 heavy (non-hydrogen) atoms. The minimum atomic E-state index is -0.175. The molecule has 2 aromatic rings. The van der Waals surface area contributed by atoms with E-state index in [9.17, 15) is 4.79 Å². The van der Waals surface area contributed by atoms with Gasteiger partial charge in [-0.05, 0) is 56.6 Å². The van der Waals surface area contributed by atoms with Gasteiger partial charge in [-0.15, -0.1) is 0 Å². The Morgan fingerprint density at radius 2 is 2.12 bits per heavy atom. The number of nitrogens with one attached hydrogen (secondary N) is 2. The van der Waals surface area contributed by atoms with E-state index in [0.717, 1.165) is 30.1 Å². The minimum Gasteiger partial charge on any atom is -0.468 e. The predicted octanol–water partition coefficient (Wildman–Crippen LogP) is 2.62. The molecular formula is C18H24N4O2. The lowest BCUT2D eigenvalue weighted by molar-refractivity contribution is 0.203. The topological polar surface area (TPSA) is 70.4 Å². The van der Waals surface area contributed by atoms with Gasteiger partial charge in [-0.3, -0.25) is 9.88 Å². The Hall–Kier alpha value is -2.34. The highest BCUT2D eigenvalue weighted by Crippen LogP contribution is 2.24. The summed E-state index contributed by atoms with van der Waals surface area (Å²) in [6.07, 6.45) is 5.86. The number of furan rings is 1. The maximum Gasteiger partial charge on any atom is 0.315 e. The number of hydrogen-bond donors (Lipinski definition) is 2. The van der Waals surface area contributed by atoms with Crippen LogP contribution in [0.25, 0.3) is 0 Å². The third kappa shape index (κ3) is 4.35. The smallest absolute Gasteiger partial charge is 0.315 e. The van der Waals surface area contributed by atoms with Crippen LogP contribution >= 0.6 is 0 Å². The SMILES string of the molecule is Cc1ccc(CNC(=O)NC[C@@H](c2ccco2)N2CCCC2)cn1. The number of aryl methyl sites for hydroxylation is 1. The van der Waals surface area contributed by atoms with Crippen LogP contribution in [0.1, 0.15) is 35.9 Å². The van der Waals surface area contributed by atoms with Gasteiger partial charge in [0.1, 0.15) is 5.76 Å². The van der Waals surface area contributed by atoms with Crippen LogP contribution in [-0.2, 0) is 6.54 Å². The van der Waals surface area contributed by atoms with Gasteiger partial charge in [0, 0.05) is 25.0 Å². The summed E-state index contributed by atoms with van der Waals surface area (Å²) in [6.45, 7) is 5.03. The first-order chi connectivity index (χ1) is 11.7. The summed E-state index contributed by atoms with van der Waals surface area (Å²) >= 11 is 0. The number of hydrogen-bond acceptors (Lipinski definition) is 4. The Morgan fingerprint density at radius 1 is 1.29 bits per heavy atom. The number of carbonyl (C=O) groups excluding carboxylic acids is 1. The summed E-state index contributed by atoms with van der Waals surface area (Å²) in [7, 11) is 0. The molecule has 0 radical (unpaired) electrons. The number of pyridine rings is 1. The van der Waals surface area contributed by atoms with Crippen molar-refractivity contribution >= 4 is 6.03 Å². The highest BCUT2D eigenvalue weighted by atomic mass is 16.3. The van der Waals surface area contributed by atoms with Gasteiger partial charge in [-0.1, -0.05) is 6.07 Å². The molecule has 1 fully saturated rings. The third-order valence-corrected chi connectivity index (χ3v) is 4.33. The molecule has 1 aliphatic heterocycles. The molecule has 2 aromatic heterocycles. The molecule has 128 valence electrons. The first-order valence-electron chi connectivity index (χ1n) is 8.43. The summed E-state index contributed by atoms with van der Waals surface area (Å²) in [5, 5.41) is 5.83. The highest BCUT2D eigenvalue weighted by Gasteiger charge is 2.25. The standard InChI is InChI=1S/C18H24N4O2/c1-14-6-7-15(11-19-14)12-20-18(23)21-13-16(17-5-4-10-24-17)22-8-2-3-9-22/h4-7,10-11,16H,2-3,8-9,12-13H2,1H3,(H2,20,21,23)/t16-/m0/s1. The Balaban J connectivity index is 1.50. The van der Waals surface area contributed by atoms with Gasteiger partial charge in [0.2, 0.25) is 0 Å². The summed E-state index contributed by atoms with van der Waals surface area (Å²) in [5.41, 5.74) is 1.95. The van der Waals surface area contributed by atoms with Crippen LogP contribution in [0.4, 0.5) is 4.79 Å². The van der Waals surface area contributed by atoms with E-state index in [4.69, 9.17) is 4.42 Å². The van der Waals surface area contributed by atoms with Crippen molar-refractivity contribution in [2.75, 3.05) is 19.6 Å². The number of rotatable bonds is 6. The fraction of sp³-hybridized carbons (Fsp3) is 0.444. The first kappa shape index (κ1) is 16.5. The zero-order chi connectivity index (χ0) is 16.8. The Bertz CT molecular complexity index is 634. The van der Waals surface area contributed by atoms with Crippen LogP contribution in [0, 0.1) is 6.92 Å². The molecule has 0 aromatic carbocycles. The zero-order valence-corrected chi connectivity index (χ0v) is 14.0. The minimum absolute atomic E-state index is 0.0919. The highest BCUT2D eigenvalue weighted by molar-refractivity contribution is 5.73. The van der Waals surface area contributed by atoms with Crippen LogP contribution in [0.2, 0.25) is 0 Å². The molecule has 0 saturated carbocycles. The first-order valence-corrected chi connectivity index (χ1v) is 8.43. The maximum atomic E-state index is 12.1. The van der Waals surface area contributed by atoms with E-state index in [1.807, 2.05) is 31.2 Å². The molecule has 1 aliphatic rings. The van der Waals surface area contributed by atoms with Crippen LogP contribution in [0.5, 0.6) is 0 Å². The Labute approximate surface area is 142 Å². The molecule has 1 saturated heterocycles. The van der Waals surface area contributed by atoms with Gasteiger partial charge in [0.05, 0.1) is 12.3 Å². The molecule has 3 heterocycles. The summed E-state index contributed by atoms with van der Waals surface area (Å²) in [5.74, 6) is 0.903. The second kappa shape index (κ2) is 7.97. The lowest BCUT2D eigenvalue weighted by Gasteiger charge is -2.26. The lowest BCUT2D eigenvalue weighted by Crippen LogP contribution is -2.41. The quantitative estimate of drug-likeness (QED) is 0.855. The second-order valence-electron chi connectivity index (χ2n) is 6.15. The van der Waals surface area contributed by atoms with Crippen molar-refractivity contribution in [2.24, 2.45) is 0 Å². The molecule has 0 spiro atoms. The second-order valence-corrected chi connectivity index (χ2v) is 6.15. The fourth-order valence-corrected chi connectivity index (χ4v) is 2.98. The molecule has 3 rings (SSSR count). The van der Waals surface area contributed by atoms with Crippen LogP contribution in [-0.4, -0.2) is 35.5 Å². The molecule has 1 atom stereocenters. The van der Waals surface area contributed by atoms with Crippen LogP contribution in [0.3, 0.4) is 0 Å². The van der Waals surface area contributed by atoms with Gasteiger partial charge in [0.25, 0.3) is 0 Å². The molecule has 0 bridgehead atoms. The molecule has 6 nitrogen and oxygen atoms in total. The van der Waals surface area contributed by atoms with Crippen LogP contribution < -0.4 is 10.6 Å². The van der Waals surface area contributed by atoms with E-state index in [1.165, 1.54) is 12.8 Å². The Morgan fingerprint density at radius 3 is 2.79 bits per heavy atom. The van der Waals surface area contributed by atoms with Gasteiger partial charge in [-0.25, -0.2) is 4.79 Å². The van der Waals surface area contributed by atoms with Crippen molar-refractivity contribution in [2.45, 2.75) is 32.4 Å². The van der Waals surface area contributed by atoms with Crippen molar-refractivity contribution in [3.8, 4) is 0 Å². The number of amides is 2. The molecule has 2 amide bonds. The van der Waals surface area contributed by atoms with Gasteiger partial charge in [-0.2, -0.15) is 0 Å². The zero-order valence-electron chi connectivity index (χ0n) is 14.0. The average Bonchev–Trinajstić information content (AvgIpc) is 3.29. The molecule has 2 N–H and O–H groups in total. The van der Waals surface area contributed by atoms with E-state index in [1.54, 1.807) is 12.5 Å². The van der Waals surface area contributed by atoms with Crippen molar-refractivity contribution in [3.05, 3.63) is 53.7 Å². The largest absolute Gasteiger partial charge is 0.468 e. The van der Waals surface area contributed by atoms with Gasteiger partial charge >= 0.3 is 6.03 Å². The molecular weight excluding hydrogens is 304 g/mol. The van der Waals surface area contributed by atoms with E-state index in [0.29, 0.717) is 13.1 Å². The van der Waals surface area contributed by atoms with Gasteiger partial charge < -0.3 is 15.1 Å². The number of carbonyl (C=O) groups is 1.